The third-order valence-electron chi connectivity index (χ3n) is 3.67. The lowest BCUT2D eigenvalue weighted by Crippen LogP contribution is -2.31. The van der Waals surface area contributed by atoms with Crippen LogP contribution in [0.15, 0.2) is 52.0 Å². The minimum Gasteiger partial charge on any atom is -0.465 e. The third-order valence-corrected chi connectivity index (χ3v) is 5.05. The lowest BCUT2D eigenvalue weighted by atomic mass is 10.2. The molecule has 2 aromatic rings. The molecule has 7 heteroatoms. The van der Waals surface area contributed by atoms with Gasteiger partial charge in [-0.25, -0.2) is 0 Å². The fourth-order valence-corrected chi connectivity index (χ4v) is 3.62. The molecule has 3 rings (SSSR count). The molecule has 2 amide bonds. The zero-order chi connectivity index (χ0) is 17.8. The van der Waals surface area contributed by atoms with Gasteiger partial charge < -0.3 is 9.73 Å². The monoisotopic (exact) mass is 372 g/mol. The van der Waals surface area contributed by atoms with E-state index in [-0.39, 0.29) is 24.8 Å². The van der Waals surface area contributed by atoms with Crippen LogP contribution in [0.2, 0.25) is 0 Å². The SMILES string of the molecule is Cc1ccccc1NC(=O)CCN1C(=O)/C(=C/c2ccco2)SC1=S. The molecule has 0 radical (unpaired) electrons. The second kappa shape index (κ2) is 7.67. The first-order chi connectivity index (χ1) is 12.0. The lowest BCUT2D eigenvalue weighted by molar-refractivity contribution is -0.122. The van der Waals surface area contributed by atoms with E-state index in [0.717, 1.165) is 11.3 Å². The van der Waals surface area contributed by atoms with Crippen LogP contribution in [0, 0.1) is 6.92 Å². The van der Waals surface area contributed by atoms with E-state index in [0.29, 0.717) is 15.0 Å². The van der Waals surface area contributed by atoms with Crippen molar-refractivity contribution < 1.29 is 14.0 Å². The number of nitrogens with zero attached hydrogens (tertiary/aromatic N) is 1. The molecule has 1 aromatic carbocycles. The molecule has 5 nitrogen and oxygen atoms in total. The molecule has 25 heavy (non-hydrogen) atoms. The van der Waals surface area contributed by atoms with Gasteiger partial charge in [0.2, 0.25) is 5.91 Å². The summed E-state index contributed by atoms with van der Waals surface area (Å²) in [6.07, 6.45) is 3.38. The molecule has 1 aliphatic rings. The Morgan fingerprint density at radius 3 is 2.84 bits per heavy atom. The number of carbonyl (C=O) groups is 2. The quantitative estimate of drug-likeness (QED) is 0.639. The van der Waals surface area contributed by atoms with Crippen LogP contribution in [0.4, 0.5) is 5.69 Å². The molecule has 1 N–H and O–H groups in total. The van der Waals surface area contributed by atoms with Crippen molar-refractivity contribution in [3.8, 4) is 0 Å². The van der Waals surface area contributed by atoms with Crippen molar-refractivity contribution in [1.29, 1.82) is 0 Å². The number of amides is 2. The van der Waals surface area contributed by atoms with E-state index in [1.54, 1.807) is 24.5 Å². The molecule has 1 aliphatic heterocycles. The number of nitrogens with one attached hydrogen (secondary N) is 1. The number of carbonyl (C=O) groups excluding carboxylic acids is 2. The maximum absolute atomic E-state index is 12.4. The first kappa shape index (κ1) is 17.4. The summed E-state index contributed by atoms with van der Waals surface area (Å²) in [7, 11) is 0. The molecule has 0 spiro atoms. The molecule has 2 heterocycles. The van der Waals surface area contributed by atoms with Gasteiger partial charge in [-0.3, -0.25) is 14.5 Å². The number of hydrogen-bond acceptors (Lipinski definition) is 5. The zero-order valence-corrected chi connectivity index (χ0v) is 15.2. The van der Waals surface area contributed by atoms with E-state index in [1.165, 1.54) is 16.7 Å². The third kappa shape index (κ3) is 4.18. The van der Waals surface area contributed by atoms with E-state index in [4.69, 9.17) is 16.6 Å². The molecule has 0 atom stereocenters. The number of thioether (sulfide) groups is 1. The highest BCUT2D eigenvalue weighted by atomic mass is 32.2. The maximum atomic E-state index is 12.4. The van der Waals surface area contributed by atoms with Gasteiger partial charge in [-0.2, -0.15) is 0 Å². The predicted octanol–water partition coefficient (Wildman–Crippen LogP) is 3.82. The van der Waals surface area contributed by atoms with Gasteiger partial charge in [0.1, 0.15) is 10.1 Å². The summed E-state index contributed by atoms with van der Waals surface area (Å²) < 4.78 is 5.67. The first-order valence-corrected chi connectivity index (χ1v) is 8.91. The van der Waals surface area contributed by atoms with Crippen LogP contribution in [-0.2, 0) is 9.59 Å². The molecule has 1 saturated heterocycles. The van der Waals surface area contributed by atoms with Crippen LogP contribution in [0.3, 0.4) is 0 Å². The van der Waals surface area contributed by atoms with E-state index in [1.807, 2.05) is 31.2 Å². The lowest BCUT2D eigenvalue weighted by Gasteiger charge is -2.14. The molecular weight excluding hydrogens is 356 g/mol. The summed E-state index contributed by atoms with van der Waals surface area (Å²) in [6, 6.07) is 11.1. The smallest absolute Gasteiger partial charge is 0.266 e. The molecular formula is C18H16N2O3S2. The molecule has 0 bridgehead atoms. The van der Waals surface area contributed by atoms with Crippen LogP contribution in [0.1, 0.15) is 17.7 Å². The number of hydrogen-bond donors (Lipinski definition) is 1. The Morgan fingerprint density at radius 1 is 1.32 bits per heavy atom. The fraction of sp³-hybridized carbons (Fsp3) is 0.167. The fourth-order valence-electron chi connectivity index (χ4n) is 2.33. The zero-order valence-electron chi connectivity index (χ0n) is 13.5. The molecule has 1 fully saturated rings. The average Bonchev–Trinajstić information content (AvgIpc) is 3.18. The highest BCUT2D eigenvalue weighted by Gasteiger charge is 2.32. The molecule has 128 valence electrons. The summed E-state index contributed by atoms with van der Waals surface area (Å²) in [5, 5.41) is 2.85. The van der Waals surface area contributed by atoms with Crippen molar-refractivity contribution in [3.63, 3.8) is 0 Å². The highest BCUT2D eigenvalue weighted by Crippen LogP contribution is 2.32. The number of rotatable bonds is 5. The van der Waals surface area contributed by atoms with Gasteiger partial charge >= 0.3 is 0 Å². The number of aryl methyl sites for hydroxylation is 1. The maximum Gasteiger partial charge on any atom is 0.266 e. The molecule has 1 aromatic heterocycles. The first-order valence-electron chi connectivity index (χ1n) is 7.69. The summed E-state index contributed by atoms with van der Waals surface area (Å²) >= 11 is 6.47. The normalized spacial score (nSPS) is 15.9. The Labute approximate surface area is 155 Å². The van der Waals surface area contributed by atoms with Crippen molar-refractivity contribution >= 4 is 51.9 Å². The average molecular weight is 372 g/mol. The summed E-state index contributed by atoms with van der Waals surface area (Å²) in [5.74, 6) is 0.242. The van der Waals surface area contributed by atoms with Gasteiger partial charge in [-0.1, -0.05) is 42.2 Å². The van der Waals surface area contributed by atoms with Gasteiger partial charge in [-0.15, -0.1) is 0 Å². The second-order valence-electron chi connectivity index (χ2n) is 5.46. The van der Waals surface area contributed by atoms with Gasteiger partial charge in [0.05, 0.1) is 11.2 Å². The van der Waals surface area contributed by atoms with Crippen molar-refractivity contribution in [2.75, 3.05) is 11.9 Å². The van der Waals surface area contributed by atoms with Crippen molar-refractivity contribution in [2.45, 2.75) is 13.3 Å². The van der Waals surface area contributed by atoms with Gasteiger partial charge in [-0.05, 0) is 30.7 Å². The Morgan fingerprint density at radius 2 is 2.12 bits per heavy atom. The van der Waals surface area contributed by atoms with E-state index >= 15 is 0 Å². The van der Waals surface area contributed by atoms with Gasteiger partial charge in [0.25, 0.3) is 5.91 Å². The highest BCUT2D eigenvalue weighted by molar-refractivity contribution is 8.26. The molecule has 0 unspecified atom stereocenters. The molecule has 0 saturated carbocycles. The Bertz CT molecular complexity index is 844. The summed E-state index contributed by atoms with van der Waals surface area (Å²) in [5.41, 5.74) is 1.76. The summed E-state index contributed by atoms with van der Waals surface area (Å²) in [4.78, 5) is 26.5. The van der Waals surface area contributed by atoms with Crippen LogP contribution in [0.25, 0.3) is 6.08 Å². The standard InChI is InChI=1S/C18H16N2O3S2/c1-12-5-2-3-7-14(12)19-16(21)8-9-20-17(22)15(25-18(20)24)11-13-6-4-10-23-13/h2-7,10-11H,8-9H2,1H3,(H,19,21)/b15-11-. The van der Waals surface area contributed by atoms with Crippen molar-refractivity contribution in [2.24, 2.45) is 0 Å². The number of anilines is 1. The molecule has 0 aliphatic carbocycles. The number of benzene rings is 1. The minimum absolute atomic E-state index is 0.154. The topological polar surface area (TPSA) is 62.6 Å². The second-order valence-corrected chi connectivity index (χ2v) is 7.14. The van der Waals surface area contributed by atoms with Gasteiger partial charge in [0, 0.05) is 24.7 Å². The Kier molecular flexibility index (Phi) is 5.35. The Balaban J connectivity index is 1.59. The van der Waals surface area contributed by atoms with Crippen LogP contribution in [0.5, 0.6) is 0 Å². The van der Waals surface area contributed by atoms with E-state index < -0.39 is 0 Å². The number of thiocarbonyl (C=S) groups is 1. The van der Waals surface area contributed by atoms with Crippen LogP contribution in [-0.4, -0.2) is 27.6 Å². The number of para-hydroxylation sites is 1. The predicted molar refractivity (Wildman–Crippen MR) is 103 cm³/mol. The minimum atomic E-state index is -0.199. The summed E-state index contributed by atoms with van der Waals surface area (Å²) in [6.45, 7) is 2.18. The number of furan rings is 1. The largest absolute Gasteiger partial charge is 0.465 e. The van der Waals surface area contributed by atoms with E-state index in [9.17, 15) is 9.59 Å². The van der Waals surface area contributed by atoms with Crippen molar-refractivity contribution in [1.82, 2.24) is 4.90 Å². The van der Waals surface area contributed by atoms with Gasteiger partial charge in [0.15, 0.2) is 0 Å². The van der Waals surface area contributed by atoms with Crippen LogP contribution < -0.4 is 5.32 Å². The Hall–Kier alpha value is -2.38. The van der Waals surface area contributed by atoms with Crippen molar-refractivity contribution in [3.05, 3.63) is 58.9 Å². The van der Waals surface area contributed by atoms with Crippen LogP contribution >= 0.6 is 24.0 Å². The van der Waals surface area contributed by atoms with E-state index in [2.05, 4.69) is 5.32 Å².